The number of amides is 1. The molecule has 0 aromatic carbocycles. The first kappa shape index (κ1) is 19.4. The molecule has 120 valence electrons. The van der Waals surface area contributed by atoms with Crippen LogP contribution in [0.1, 0.15) is 53.4 Å². The third-order valence-electron chi connectivity index (χ3n) is 3.48. The van der Waals surface area contributed by atoms with Crippen molar-refractivity contribution in [3.63, 3.8) is 0 Å². The molecule has 0 radical (unpaired) electrons. The molecule has 0 spiro atoms. The van der Waals surface area contributed by atoms with Gasteiger partial charge in [-0.05, 0) is 26.7 Å². The summed E-state index contributed by atoms with van der Waals surface area (Å²) < 4.78 is 10.8. The molecule has 0 bridgehead atoms. The Bertz CT molecular complexity index is 224. The molecule has 1 amide bonds. The highest BCUT2D eigenvalue weighted by molar-refractivity contribution is 5.78. The van der Waals surface area contributed by atoms with Crippen molar-refractivity contribution in [1.82, 2.24) is 4.90 Å². The molecule has 1 atom stereocenters. The number of carbonyl (C=O) groups excluding carboxylic acids is 1. The first-order valence-corrected chi connectivity index (χ1v) is 8.15. The van der Waals surface area contributed by atoms with Gasteiger partial charge in [0.1, 0.15) is 0 Å². The Balaban J connectivity index is 4.40. The van der Waals surface area contributed by atoms with Crippen LogP contribution in [-0.2, 0) is 14.3 Å². The Morgan fingerprint density at radius 1 is 1.00 bits per heavy atom. The number of hydrogen-bond acceptors (Lipinski definition) is 3. The number of rotatable bonds is 13. The summed E-state index contributed by atoms with van der Waals surface area (Å²) in [7, 11) is 0. The lowest BCUT2D eigenvalue weighted by Gasteiger charge is -2.27. The number of hydrogen-bond donors (Lipinski definition) is 0. The van der Waals surface area contributed by atoms with Crippen LogP contribution in [0.15, 0.2) is 0 Å². The summed E-state index contributed by atoms with van der Waals surface area (Å²) in [6.45, 7) is 12.2. The molecule has 0 saturated heterocycles. The third-order valence-corrected chi connectivity index (χ3v) is 3.48. The van der Waals surface area contributed by atoms with E-state index in [1.54, 1.807) is 0 Å². The van der Waals surface area contributed by atoms with Crippen molar-refractivity contribution in [3.05, 3.63) is 0 Å². The molecule has 0 aliphatic heterocycles. The summed E-state index contributed by atoms with van der Waals surface area (Å²) in [6, 6.07) is 0. The SMILES string of the molecule is CCCCC(CC)C(=O)N(CCOCC)CCOCC. The van der Waals surface area contributed by atoms with Crippen LogP contribution < -0.4 is 0 Å². The van der Waals surface area contributed by atoms with Crippen LogP contribution in [-0.4, -0.2) is 50.3 Å². The molecule has 0 aromatic heterocycles. The molecule has 0 aliphatic rings. The largest absolute Gasteiger partial charge is 0.380 e. The van der Waals surface area contributed by atoms with Crippen LogP contribution in [0.4, 0.5) is 0 Å². The fraction of sp³-hybridized carbons (Fsp3) is 0.938. The standard InChI is InChI=1S/C16H33NO3/c1-5-9-10-15(6-2)16(18)17(11-13-19-7-3)12-14-20-8-4/h15H,5-14H2,1-4H3. The molecule has 0 fully saturated rings. The van der Waals surface area contributed by atoms with Gasteiger partial charge in [-0.2, -0.15) is 0 Å². The lowest BCUT2D eigenvalue weighted by atomic mass is 9.97. The van der Waals surface area contributed by atoms with E-state index in [1.807, 2.05) is 18.7 Å². The van der Waals surface area contributed by atoms with Crippen LogP contribution in [0.5, 0.6) is 0 Å². The zero-order chi connectivity index (χ0) is 15.2. The first-order chi connectivity index (χ1) is 9.71. The maximum absolute atomic E-state index is 12.6. The summed E-state index contributed by atoms with van der Waals surface area (Å²) in [5.74, 6) is 0.415. The highest BCUT2D eigenvalue weighted by atomic mass is 16.5. The van der Waals surface area contributed by atoms with Crippen LogP contribution in [0.3, 0.4) is 0 Å². The second kappa shape index (κ2) is 13.4. The first-order valence-electron chi connectivity index (χ1n) is 8.15. The van der Waals surface area contributed by atoms with Crippen LogP contribution in [0.25, 0.3) is 0 Å². The Kier molecular flexibility index (Phi) is 13.0. The normalized spacial score (nSPS) is 12.4. The molecule has 20 heavy (non-hydrogen) atoms. The second-order valence-corrected chi connectivity index (χ2v) is 4.97. The number of unbranched alkanes of at least 4 members (excludes halogenated alkanes) is 1. The van der Waals surface area contributed by atoms with Crippen molar-refractivity contribution in [3.8, 4) is 0 Å². The predicted molar refractivity (Wildman–Crippen MR) is 82.9 cm³/mol. The van der Waals surface area contributed by atoms with Gasteiger partial charge < -0.3 is 14.4 Å². The van der Waals surface area contributed by atoms with Gasteiger partial charge in [-0.3, -0.25) is 4.79 Å². The quantitative estimate of drug-likeness (QED) is 0.489. The van der Waals surface area contributed by atoms with E-state index in [-0.39, 0.29) is 11.8 Å². The minimum absolute atomic E-state index is 0.151. The van der Waals surface area contributed by atoms with E-state index in [1.165, 1.54) is 0 Å². The molecular weight excluding hydrogens is 254 g/mol. The number of nitrogens with zero attached hydrogens (tertiary/aromatic N) is 1. The summed E-state index contributed by atoms with van der Waals surface area (Å²) >= 11 is 0. The minimum atomic E-state index is 0.151. The van der Waals surface area contributed by atoms with Crippen LogP contribution in [0.2, 0.25) is 0 Å². The molecule has 4 heteroatoms. The molecule has 0 N–H and O–H groups in total. The Labute approximate surface area is 124 Å². The van der Waals surface area contributed by atoms with Gasteiger partial charge in [-0.1, -0.05) is 26.7 Å². The molecule has 0 aromatic rings. The van der Waals surface area contributed by atoms with E-state index in [0.29, 0.717) is 39.5 Å². The lowest BCUT2D eigenvalue weighted by Crippen LogP contribution is -2.40. The fourth-order valence-corrected chi connectivity index (χ4v) is 2.18. The van der Waals surface area contributed by atoms with E-state index in [4.69, 9.17) is 9.47 Å². The minimum Gasteiger partial charge on any atom is -0.380 e. The summed E-state index contributed by atoms with van der Waals surface area (Å²) in [4.78, 5) is 14.5. The molecule has 0 rings (SSSR count). The number of carbonyl (C=O) groups is 1. The average Bonchev–Trinajstić information content (AvgIpc) is 2.46. The van der Waals surface area contributed by atoms with Gasteiger partial charge in [0.05, 0.1) is 13.2 Å². The van der Waals surface area contributed by atoms with Crippen molar-refractivity contribution >= 4 is 5.91 Å². The summed E-state index contributed by atoms with van der Waals surface area (Å²) in [6.07, 6.45) is 4.17. The number of ether oxygens (including phenoxy) is 2. The zero-order valence-electron chi connectivity index (χ0n) is 13.8. The second-order valence-electron chi connectivity index (χ2n) is 4.97. The fourth-order valence-electron chi connectivity index (χ4n) is 2.18. The Morgan fingerprint density at radius 2 is 1.55 bits per heavy atom. The van der Waals surface area contributed by atoms with E-state index in [2.05, 4.69) is 13.8 Å². The van der Waals surface area contributed by atoms with Crippen LogP contribution in [0, 0.1) is 5.92 Å². The van der Waals surface area contributed by atoms with Gasteiger partial charge in [-0.25, -0.2) is 0 Å². The zero-order valence-corrected chi connectivity index (χ0v) is 13.8. The highest BCUT2D eigenvalue weighted by Crippen LogP contribution is 2.16. The van der Waals surface area contributed by atoms with Gasteiger partial charge in [-0.15, -0.1) is 0 Å². The monoisotopic (exact) mass is 287 g/mol. The molecule has 0 saturated carbocycles. The van der Waals surface area contributed by atoms with Gasteiger partial charge in [0, 0.05) is 32.2 Å². The summed E-state index contributed by atoms with van der Waals surface area (Å²) in [5, 5.41) is 0. The Morgan fingerprint density at radius 3 is 1.95 bits per heavy atom. The molecular formula is C16H33NO3. The van der Waals surface area contributed by atoms with Crippen LogP contribution >= 0.6 is 0 Å². The predicted octanol–water partition coefficient (Wildman–Crippen LogP) is 3.10. The smallest absolute Gasteiger partial charge is 0.225 e. The van der Waals surface area contributed by atoms with E-state index in [0.717, 1.165) is 25.7 Å². The van der Waals surface area contributed by atoms with Gasteiger partial charge in [0.15, 0.2) is 0 Å². The lowest BCUT2D eigenvalue weighted by molar-refractivity contribution is -0.137. The van der Waals surface area contributed by atoms with Gasteiger partial charge in [0.2, 0.25) is 5.91 Å². The molecule has 1 unspecified atom stereocenters. The van der Waals surface area contributed by atoms with Crippen molar-refractivity contribution < 1.29 is 14.3 Å². The Hall–Kier alpha value is -0.610. The van der Waals surface area contributed by atoms with Crippen molar-refractivity contribution in [1.29, 1.82) is 0 Å². The maximum atomic E-state index is 12.6. The summed E-state index contributed by atoms with van der Waals surface area (Å²) in [5.41, 5.74) is 0. The maximum Gasteiger partial charge on any atom is 0.225 e. The van der Waals surface area contributed by atoms with Crippen molar-refractivity contribution in [2.75, 3.05) is 39.5 Å². The molecule has 0 heterocycles. The third kappa shape index (κ3) is 8.54. The van der Waals surface area contributed by atoms with Crippen molar-refractivity contribution in [2.24, 2.45) is 5.92 Å². The molecule has 4 nitrogen and oxygen atoms in total. The van der Waals surface area contributed by atoms with Gasteiger partial charge >= 0.3 is 0 Å². The average molecular weight is 287 g/mol. The molecule has 0 aliphatic carbocycles. The topological polar surface area (TPSA) is 38.8 Å². The van der Waals surface area contributed by atoms with Gasteiger partial charge in [0.25, 0.3) is 0 Å². The van der Waals surface area contributed by atoms with E-state index in [9.17, 15) is 4.79 Å². The van der Waals surface area contributed by atoms with Crippen molar-refractivity contribution in [2.45, 2.75) is 53.4 Å². The van der Waals surface area contributed by atoms with E-state index >= 15 is 0 Å². The highest BCUT2D eigenvalue weighted by Gasteiger charge is 2.22. The van der Waals surface area contributed by atoms with E-state index < -0.39 is 0 Å².